The number of rotatable bonds is 3. The molecule has 0 aliphatic carbocycles. The van der Waals surface area contributed by atoms with E-state index in [0.29, 0.717) is 19.0 Å². The van der Waals surface area contributed by atoms with Crippen LogP contribution in [0, 0.1) is 5.92 Å². The Balaban J connectivity index is 2.29. The van der Waals surface area contributed by atoms with Gasteiger partial charge in [-0.1, -0.05) is 44.2 Å². The lowest BCUT2D eigenvalue weighted by Crippen LogP contribution is -2.55. The number of hydrogen-bond donors (Lipinski definition) is 1. The highest BCUT2D eigenvalue weighted by atomic mass is 32.2. The number of hydrogen-bond acceptors (Lipinski definition) is 3. The summed E-state index contributed by atoms with van der Waals surface area (Å²) in [5.74, 6) is 0.418. The van der Waals surface area contributed by atoms with Crippen LogP contribution in [0.5, 0.6) is 0 Å². The van der Waals surface area contributed by atoms with E-state index in [4.69, 9.17) is 0 Å². The Bertz CT molecular complexity index is 514. The van der Waals surface area contributed by atoms with E-state index in [1.54, 1.807) is 4.31 Å². The molecule has 0 aromatic heterocycles. The minimum Gasteiger partial charge on any atom is -0.310 e. The zero-order valence-electron chi connectivity index (χ0n) is 11.7. The third-order valence-electron chi connectivity index (χ3n) is 3.71. The predicted octanol–water partition coefficient (Wildman–Crippen LogP) is 1.62. The number of piperazine rings is 1. The first-order valence-electron chi connectivity index (χ1n) is 6.64. The van der Waals surface area contributed by atoms with Gasteiger partial charge in [-0.15, -0.1) is 0 Å². The van der Waals surface area contributed by atoms with Gasteiger partial charge in [0.1, 0.15) is 0 Å². The highest BCUT2D eigenvalue weighted by molar-refractivity contribution is 7.88. The molecule has 1 aromatic rings. The van der Waals surface area contributed by atoms with Gasteiger partial charge in [0.05, 0.1) is 12.3 Å². The molecule has 0 radical (unpaired) electrons. The Morgan fingerprint density at radius 2 is 1.89 bits per heavy atom. The molecule has 106 valence electrons. The summed E-state index contributed by atoms with van der Waals surface area (Å²) in [6, 6.07) is 9.93. The maximum absolute atomic E-state index is 12.0. The van der Waals surface area contributed by atoms with Crippen molar-refractivity contribution in [2.45, 2.75) is 25.9 Å². The first-order valence-corrected chi connectivity index (χ1v) is 8.49. The highest BCUT2D eigenvalue weighted by Crippen LogP contribution is 2.27. The van der Waals surface area contributed by atoms with Gasteiger partial charge < -0.3 is 5.32 Å². The van der Waals surface area contributed by atoms with Crippen molar-refractivity contribution >= 4 is 10.0 Å². The largest absolute Gasteiger partial charge is 0.310 e. The monoisotopic (exact) mass is 282 g/mol. The van der Waals surface area contributed by atoms with Crippen LogP contribution in [0.1, 0.15) is 25.5 Å². The first-order chi connectivity index (χ1) is 8.89. The molecule has 0 amide bonds. The van der Waals surface area contributed by atoms with Crippen LogP contribution >= 0.6 is 0 Å². The molecule has 0 bridgehead atoms. The maximum Gasteiger partial charge on any atom is 0.211 e. The van der Waals surface area contributed by atoms with Crippen molar-refractivity contribution in [2.75, 3.05) is 19.3 Å². The van der Waals surface area contributed by atoms with Crippen LogP contribution in [-0.2, 0) is 10.0 Å². The van der Waals surface area contributed by atoms with Crippen molar-refractivity contribution in [1.82, 2.24) is 9.62 Å². The second-order valence-electron chi connectivity index (χ2n) is 5.52. The van der Waals surface area contributed by atoms with Crippen molar-refractivity contribution in [3.63, 3.8) is 0 Å². The molecule has 1 aliphatic heterocycles. The molecule has 2 unspecified atom stereocenters. The van der Waals surface area contributed by atoms with Crippen molar-refractivity contribution in [1.29, 1.82) is 0 Å². The number of nitrogens with one attached hydrogen (secondary N) is 1. The lowest BCUT2D eigenvalue weighted by atomic mass is 9.98. The normalized spacial score (nSPS) is 25.7. The molecular weight excluding hydrogens is 260 g/mol. The Kier molecular flexibility index (Phi) is 4.28. The van der Waals surface area contributed by atoms with Crippen LogP contribution in [0.25, 0.3) is 0 Å². The van der Waals surface area contributed by atoms with E-state index in [1.165, 1.54) is 6.26 Å². The maximum atomic E-state index is 12.0. The zero-order valence-corrected chi connectivity index (χ0v) is 12.5. The molecule has 1 aromatic carbocycles. The topological polar surface area (TPSA) is 49.4 Å². The van der Waals surface area contributed by atoms with Gasteiger partial charge in [-0.2, -0.15) is 4.31 Å². The van der Waals surface area contributed by atoms with Crippen LogP contribution in [0.15, 0.2) is 30.3 Å². The second kappa shape index (κ2) is 5.61. The van der Waals surface area contributed by atoms with E-state index in [-0.39, 0.29) is 12.1 Å². The molecule has 19 heavy (non-hydrogen) atoms. The molecular formula is C14H22N2O2S. The lowest BCUT2D eigenvalue weighted by Gasteiger charge is -2.40. The van der Waals surface area contributed by atoms with Gasteiger partial charge in [0.25, 0.3) is 0 Å². The van der Waals surface area contributed by atoms with Gasteiger partial charge in [0, 0.05) is 19.1 Å². The summed E-state index contributed by atoms with van der Waals surface area (Å²) in [7, 11) is -3.20. The molecule has 0 spiro atoms. The summed E-state index contributed by atoms with van der Waals surface area (Å²) < 4.78 is 25.7. The molecule has 1 saturated heterocycles. The van der Waals surface area contributed by atoms with Crippen molar-refractivity contribution in [3.05, 3.63) is 35.9 Å². The zero-order chi connectivity index (χ0) is 14.0. The van der Waals surface area contributed by atoms with Crippen molar-refractivity contribution < 1.29 is 8.42 Å². The van der Waals surface area contributed by atoms with Crippen LogP contribution in [-0.4, -0.2) is 38.1 Å². The Morgan fingerprint density at radius 3 is 2.42 bits per heavy atom. The van der Waals surface area contributed by atoms with Crippen LogP contribution in [0.4, 0.5) is 0 Å². The number of benzene rings is 1. The second-order valence-corrected chi connectivity index (χ2v) is 7.45. The van der Waals surface area contributed by atoms with E-state index in [1.807, 2.05) is 30.3 Å². The average molecular weight is 282 g/mol. The quantitative estimate of drug-likeness (QED) is 0.916. The minimum absolute atomic E-state index is 0.105. The summed E-state index contributed by atoms with van der Waals surface area (Å²) in [4.78, 5) is 0. The SMILES string of the molecule is CC(C)C1CN(S(C)(=O)=O)C(c2ccccc2)CN1. The number of nitrogens with zero attached hydrogens (tertiary/aromatic N) is 1. The molecule has 1 aliphatic rings. The molecule has 2 atom stereocenters. The molecule has 1 heterocycles. The smallest absolute Gasteiger partial charge is 0.211 e. The molecule has 0 saturated carbocycles. The summed E-state index contributed by atoms with van der Waals surface area (Å²) in [6.45, 7) is 5.43. The Hall–Kier alpha value is -0.910. The standard InChI is InChI=1S/C14H22N2O2S/c1-11(2)13-10-16(19(3,17)18)14(9-15-13)12-7-5-4-6-8-12/h4-8,11,13-15H,9-10H2,1-3H3. The van der Waals surface area contributed by atoms with Gasteiger partial charge in [-0.25, -0.2) is 8.42 Å². The van der Waals surface area contributed by atoms with Crippen LogP contribution in [0.2, 0.25) is 0 Å². The van der Waals surface area contributed by atoms with E-state index in [2.05, 4.69) is 19.2 Å². The Morgan fingerprint density at radius 1 is 1.26 bits per heavy atom. The van der Waals surface area contributed by atoms with E-state index in [0.717, 1.165) is 5.56 Å². The van der Waals surface area contributed by atoms with Crippen molar-refractivity contribution in [3.8, 4) is 0 Å². The van der Waals surface area contributed by atoms with Gasteiger partial charge in [0.2, 0.25) is 10.0 Å². The summed E-state index contributed by atoms with van der Waals surface area (Å²) in [5, 5.41) is 3.46. The Labute approximate surface area is 115 Å². The fraction of sp³-hybridized carbons (Fsp3) is 0.571. The first kappa shape index (κ1) is 14.5. The third kappa shape index (κ3) is 3.35. The summed E-state index contributed by atoms with van der Waals surface area (Å²) in [6.07, 6.45) is 1.30. The fourth-order valence-corrected chi connectivity index (χ4v) is 3.61. The highest BCUT2D eigenvalue weighted by Gasteiger charge is 2.35. The van der Waals surface area contributed by atoms with Crippen LogP contribution in [0.3, 0.4) is 0 Å². The van der Waals surface area contributed by atoms with E-state index >= 15 is 0 Å². The number of sulfonamides is 1. The van der Waals surface area contributed by atoms with Crippen molar-refractivity contribution in [2.24, 2.45) is 5.92 Å². The summed E-state index contributed by atoms with van der Waals surface area (Å²) >= 11 is 0. The van der Waals surface area contributed by atoms with Gasteiger partial charge in [0.15, 0.2) is 0 Å². The van der Waals surface area contributed by atoms with Gasteiger partial charge >= 0.3 is 0 Å². The fourth-order valence-electron chi connectivity index (χ4n) is 2.52. The lowest BCUT2D eigenvalue weighted by molar-refractivity contribution is 0.198. The van der Waals surface area contributed by atoms with E-state index in [9.17, 15) is 8.42 Å². The molecule has 2 rings (SSSR count). The van der Waals surface area contributed by atoms with Crippen LogP contribution < -0.4 is 5.32 Å². The predicted molar refractivity (Wildman–Crippen MR) is 77.4 cm³/mol. The molecule has 1 fully saturated rings. The average Bonchev–Trinajstić information content (AvgIpc) is 2.38. The molecule has 5 heteroatoms. The molecule has 1 N–H and O–H groups in total. The van der Waals surface area contributed by atoms with Gasteiger partial charge in [-0.3, -0.25) is 0 Å². The van der Waals surface area contributed by atoms with Gasteiger partial charge in [-0.05, 0) is 11.5 Å². The minimum atomic E-state index is -3.20. The third-order valence-corrected chi connectivity index (χ3v) is 4.97. The van der Waals surface area contributed by atoms with E-state index < -0.39 is 10.0 Å². The summed E-state index contributed by atoms with van der Waals surface area (Å²) in [5.41, 5.74) is 1.04. The molecule has 4 nitrogen and oxygen atoms in total.